The summed E-state index contributed by atoms with van der Waals surface area (Å²) in [5.74, 6) is 0.155. The van der Waals surface area contributed by atoms with Crippen LogP contribution in [0, 0.1) is 0 Å². The third kappa shape index (κ3) is 2.13. The van der Waals surface area contributed by atoms with Gasteiger partial charge in [0.15, 0.2) is 0 Å². The smallest absolute Gasteiger partial charge is 0.307 e. The summed E-state index contributed by atoms with van der Waals surface area (Å²) in [6.45, 7) is 0. The first-order valence-corrected chi connectivity index (χ1v) is 5.46. The van der Waals surface area contributed by atoms with Gasteiger partial charge in [-0.3, -0.25) is 4.79 Å². The second-order valence-electron chi connectivity index (χ2n) is 4.05. The van der Waals surface area contributed by atoms with Crippen LogP contribution in [0.4, 0.5) is 5.95 Å². The van der Waals surface area contributed by atoms with E-state index in [2.05, 4.69) is 15.3 Å². The van der Waals surface area contributed by atoms with Crippen molar-refractivity contribution in [2.75, 3.05) is 12.4 Å². The number of nitrogens with one attached hydrogen (secondary N) is 1. The number of aromatic nitrogens is 2. The van der Waals surface area contributed by atoms with Gasteiger partial charge in [0.2, 0.25) is 5.95 Å². The molecule has 86 valence electrons. The minimum absolute atomic E-state index is 0.00975. The van der Waals surface area contributed by atoms with Crippen LogP contribution < -0.4 is 5.32 Å². The quantitative estimate of drug-likeness (QED) is 0.804. The van der Waals surface area contributed by atoms with Crippen molar-refractivity contribution in [2.24, 2.45) is 0 Å². The first-order chi connectivity index (χ1) is 7.70. The van der Waals surface area contributed by atoms with Crippen LogP contribution >= 0.6 is 0 Å². The molecule has 0 bridgehead atoms. The second-order valence-corrected chi connectivity index (χ2v) is 4.05. The van der Waals surface area contributed by atoms with Crippen LogP contribution in [0.25, 0.3) is 0 Å². The number of nitrogens with zero attached hydrogens (tertiary/aromatic N) is 2. The van der Waals surface area contributed by atoms with Crippen molar-refractivity contribution in [1.29, 1.82) is 0 Å². The van der Waals surface area contributed by atoms with Gasteiger partial charge in [-0.2, -0.15) is 0 Å². The summed E-state index contributed by atoms with van der Waals surface area (Å²) in [6.07, 6.45) is 5.05. The normalized spacial score (nSPS) is 15.6. The van der Waals surface area contributed by atoms with Crippen LogP contribution in [0.3, 0.4) is 0 Å². The molecule has 2 N–H and O–H groups in total. The summed E-state index contributed by atoms with van der Waals surface area (Å²) in [5.41, 5.74) is 1.66. The molecule has 0 amide bonds. The summed E-state index contributed by atoms with van der Waals surface area (Å²) < 4.78 is 0. The molecule has 5 nitrogen and oxygen atoms in total. The maximum Gasteiger partial charge on any atom is 0.307 e. The number of hydrogen-bond donors (Lipinski definition) is 2. The number of aliphatic carboxylic acids is 1. The average molecular weight is 221 g/mol. The fourth-order valence-electron chi connectivity index (χ4n) is 1.87. The molecule has 5 heteroatoms. The molecule has 0 radical (unpaired) electrons. The van der Waals surface area contributed by atoms with E-state index in [1.165, 1.54) is 6.42 Å². The van der Waals surface area contributed by atoms with Crippen molar-refractivity contribution >= 4 is 11.9 Å². The molecule has 0 atom stereocenters. The molecule has 0 unspecified atom stereocenters. The largest absolute Gasteiger partial charge is 0.481 e. The molecule has 0 saturated heterocycles. The summed E-state index contributed by atoms with van der Waals surface area (Å²) in [5, 5.41) is 11.7. The molecule has 0 aliphatic heterocycles. The number of carboxylic acids is 1. The van der Waals surface area contributed by atoms with Crippen molar-refractivity contribution < 1.29 is 9.90 Å². The minimum Gasteiger partial charge on any atom is -0.481 e. The van der Waals surface area contributed by atoms with Crippen LogP contribution in [0.15, 0.2) is 6.20 Å². The van der Waals surface area contributed by atoms with Gasteiger partial charge in [0.1, 0.15) is 0 Å². The summed E-state index contributed by atoms with van der Waals surface area (Å²) in [4.78, 5) is 19.2. The lowest BCUT2D eigenvalue weighted by atomic mass is 9.81. The zero-order chi connectivity index (χ0) is 11.5. The molecule has 1 heterocycles. The van der Waals surface area contributed by atoms with Crippen LogP contribution in [-0.2, 0) is 11.2 Å². The molecule has 1 aromatic heterocycles. The predicted octanol–water partition coefficient (Wildman–Crippen LogP) is 1.41. The Bertz CT molecular complexity index is 402. The Morgan fingerprint density at radius 3 is 2.88 bits per heavy atom. The fraction of sp³-hybridized carbons (Fsp3) is 0.545. The van der Waals surface area contributed by atoms with Gasteiger partial charge in [-0.05, 0) is 12.8 Å². The molecule has 0 spiro atoms. The third-order valence-electron chi connectivity index (χ3n) is 2.96. The van der Waals surface area contributed by atoms with E-state index in [0.717, 1.165) is 24.1 Å². The number of carbonyl (C=O) groups is 1. The highest BCUT2D eigenvalue weighted by Crippen LogP contribution is 2.37. The van der Waals surface area contributed by atoms with E-state index in [4.69, 9.17) is 5.11 Å². The van der Waals surface area contributed by atoms with Gasteiger partial charge in [-0.25, -0.2) is 9.97 Å². The average Bonchev–Trinajstić information content (AvgIpc) is 2.17. The zero-order valence-electron chi connectivity index (χ0n) is 9.23. The van der Waals surface area contributed by atoms with Crippen LogP contribution in [0.2, 0.25) is 0 Å². The Kier molecular flexibility index (Phi) is 3.03. The van der Waals surface area contributed by atoms with Crippen molar-refractivity contribution in [3.05, 3.63) is 17.5 Å². The Labute approximate surface area is 93.9 Å². The molecular formula is C11H15N3O2. The Morgan fingerprint density at radius 1 is 1.62 bits per heavy atom. The molecule has 1 aliphatic carbocycles. The van der Waals surface area contributed by atoms with Crippen molar-refractivity contribution in [1.82, 2.24) is 9.97 Å². The fourth-order valence-corrected chi connectivity index (χ4v) is 1.87. The third-order valence-corrected chi connectivity index (χ3v) is 2.96. The molecule has 0 aromatic carbocycles. The van der Waals surface area contributed by atoms with Crippen LogP contribution in [-0.4, -0.2) is 28.1 Å². The number of rotatable bonds is 4. The maximum absolute atomic E-state index is 10.7. The Morgan fingerprint density at radius 2 is 2.38 bits per heavy atom. The molecule has 2 rings (SSSR count). The monoisotopic (exact) mass is 221 g/mol. The van der Waals surface area contributed by atoms with Gasteiger partial charge in [0.05, 0.1) is 12.1 Å². The summed E-state index contributed by atoms with van der Waals surface area (Å²) >= 11 is 0. The van der Waals surface area contributed by atoms with E-state index in [1.807, 2.05) is 0 Å². The molecule has 1 aliphatic rings. The highest BCUT2D eigenvalue weighted by atomic mass is 16.4. The highest BCUT2D eigenvalue weighted by Gasteiger charge is 2.25. The lowest BCUT2D eigenvalue weighted by molar-refractivity contribution is -0.136. The van der Waals surface area contributed by atoms with E-state index in [0.29, 0.717) is 11.9 Å². The first kappa shape index (κ1) is 10.9. The molecular weight excluding hydrogens is 206 g/mol. The van der Waals surface area contributed by atoms with Gasteiger partial charge in [0.25, 0.3) is 0 Å². The number of anilines is 1. The van der Waals surface area contributed by atoms with E-state index in [-0.39, 0.29) is 6.42 Å². The Hall–Kier alpha value is -1.65. The lowest BCUT2D eigenvalue weighted by Crippen LogP contribution is -2.16. The molecule has 1 saturated carbocycles. The minimum atomic E-state index is -0.832. The first-order valence-electron chi connectivity index (χ1n) is 5.46. The van der Waals surface area contributed by atoms with Gasteiger partial charge in [0, 0.05) is 24.7 Å². The molecule has 16 heavy (non-hydrogen) atoms. The van der Waals surface area contributed by atoms with Crippen molar-refractivity contribution in [3.8, 4) is 0 Å². The van der Waals surface area contributed by atoms with Gasteiger partial charge >= 0.3 is 5.97 Å². The van der Waals surface area contributed by atoms with E-state index >= 15 is 0 Å². The summed E-state index contributed by atoms with van der Waals surface area (Å²) in [7, 11) is 1.76. The van der Waals surface area contributed by atoms with Crippen LogP contribution in [0.5, 0.6) is 0 Å². The van der Waals surface area contributed by atoms with Crippen LogP contribution in [0.1, 0.15) is 36.4 Å². The van der Waals surface area contributed by atoms with Crippen molar-refractivity contribution in [2.45, 2.75) is 31.6 Å². The summed E-state index contributed by atoms with van der Waals surface area (Å²) in [6, 6.07) is 0. The van der Waals surface area contributed by atoms with Gasteiger partial charge < -0.3 is 10.4 Å². The van der Waals surface area contributed by atoms with Crippen molar-refractivity contribution in [3.63, 3.8) is 0 Å². The van der Waals surface area contributed by atoms with E-state index < -0.39 is 5.97 Å². The zero-order valence-corrected chi connectivity index (χ0v) is 9.23. The lowest BCUT2D eigenvalue weighted by Gasteiger charge is -2.26. The predicted molar refractivity (Wildman–Crippen MR) is 59.5 cm³/mol. The highest BCUT2D eigenvalue weighted by molar-refractivity contribution is 5.70. The molecule has 1 fully saturated rings. The topological polar surface area (TPSA) is 75.1 Å². The van der Waals surface area contributed by atoms with E-state index in [9.17, 15) is 4.79 Å². The SMILES string of the molecule is CNc1ncc(CC(=O)O)c(C2CCC2)n1. The second kappa shape index (κ2) is 4.47. The standard InChI is InChI=1S/C11H15N3O2/c1-12-11-13-6-8(5-9(15)16)10(14-11)7-3-2-4-7/h6-7H,2-5H2,1H3,(H,15,16)(H,12,13,14). The van der Waals surface area contributed by atoms with Gasteiger partial charge in [-0.1, -0.05) is 6.42 Å². The van der Waals surface area contributed by atoms with E-state index in [1.54, 1.807) is 13.2 Å². The maximum atomic E-state index is 10.7. The molecule has 1 aromatic rings. The Balaban J connectivity index is 2.30. The number of hydrogen-bond acceptors (Lipinski definition) is 4. The number of carboxylic acid groups (broad SMARTS) is 1. The van der Waals surface area contributed by atoms with Gasteiger partial charge in [-0.15, -0.1) is 0 Å².